The van der Waals surface area contributed by atoms with Crippen molar-refractivity contribution < 1.29 is 17.9 Å². The summed E-state index contributed by atoms with van der Waals surface area (Å²) < 4.78 is 33.1. The minimum atomic E-state index is -3.79. The highest BCUT2D eigenvalue weighted by atomic mass is 32.2. The van der Waals surface area contributed by atoms with Gasteiger partial charge in [0.2, 0.25) is 10.0 Å². The first-order chi connectivity index (χ1) is 10.0. The second-order valence-electron chi connectivity index (χ2n) is 4.15. The Balaban J connectivity index is 2.14. The SMILES string of the molecule is COC(=O)c1ccccc1S(=O)(=O)NCCn1cccn1. The molecule has 0 atom stereocenters. The lowest BCUT2D eigenvalue weighted by Crippen LogP contribution is -2.29. The number of hydrogen-bond acceptors (Lipinski definition) is 5. The molecule has 0 aliphatic carbocycles. The minimum absolute atomic E-state index is 0.00610. The van der Waals surface area contributed by atoms with Gasteiger partial charge >= 0.3 is 5.97 Å². The van der Waals surface area contributed by atoms with E-state index in [2.05, 4.69) is 14.6 Å². The Kier molecular flexibility index (Phi) is 4.71. The third-order valence-electron chi connectivity index (χ3n) is 2.77. The van der Waals surface area contributed by atoms with Crippen LogP contribution in [-0.2, 0) is 21.3 Å². The summed E-state index contributed by atoms with van der Waals surface area (Å²) in [4.78, 5) is 11.5. The largest absolute Gasteiger partial charge is 0.465 e. The molecule has 21 heavy (non-hydrogen) atoms. The zero-order valence-electron chi connectivity index (χ0n) is 11.4. The molecular formula is C13H15N3O4S. The van der Waals surface area contributed by atoms with Crippen LogP contribution in [-0.4, -0.2) is 37.8 Å². The number of carbonyl (C=O) groups excluding carboxylic acids is 1. The van der Waals surface area contributed by atoms with Crippen molar-refractivity contribution in [3.63, 3.8) is 0 Å². The van der Waals surface area contributed by atoms with E-state index in [9.17, 15) is 13.2 Å². The van der Waals surface area contributed by atoms with Gasteiger partial charge in [-0.3, -0.25) is 4.68 Å². The quantitative estimate of drug-likeness (QED) is 0.791. The van der Waals surface area contributed by atoms with Crippen molar-refractivity contribution in [2.24, 2.45) is 0 Å². The topological polar surface area (TPSA) is 90.3 Å². The van der Waals surface area contributed by atoms with E-state index in [0.29, 0.717) is 6.54 Å². The Labute approximate surface area is 122 Å². The zero-order chi connectivity index (χ0) is 15.3. The summed E-state index contributed by atoms with van der Waals surface area (Å²) in [5, 5.41) is 3.98. The predicted molar refractivity (Wildman–Crippen MR) is 75.2 cm³/mol. The number of nitrogens with one attached hydrogen (secondary N) is 1. The molecule has 0 aliphatic heterocycles. The van der Waals surface area contributed by atoms with Crippen molar-refractivity contribution in [3.8, 4) is 0 Å². The summed E-state index contributed by atoms with van der Waals surface area (Å²) in [6, 6.07) is 7.65. The molecule has 0 saturated carbocycles. The van der Waals surface area contributed by atoms with Crippen LogP contribution in [0, 0.1) is 0 Å². The van der Waals surface area contributed by atoms with Gasteiger partial charge in [-0.15, -0.1) is 0 Å². The van der Waals surface area contributed by atoms with Crippen LogP contribution in [0.2, 0.25) is 0 Å². The van der Waals surface area contributed by atoms with Crippen LogP contribution in [0.4, 0.5) is 0 Å². The number of rotatable bonds is 6. The lowest BCUT2D eigenvalue weighted by Gasteiger charge is -2.10. The molecule has 0 aliphatic rings. The third kappa shape index (κ3) is 3.67. The van der Waals surface area contributed by atoms with Crippen LogP contribution >= 0.6 is 0 Å². The van der Waals surface area contributed by atoms with E-state index in [4.69, 9.17) is 0 Å². The number of benzene rings is 1. The second kappa shape index (κ2) is 6.51. The molecular weight excluding hydrogens is 294 g/mol. The molecule has 0 amide bonds. The fourth-order valence-electron chi connectivity index (χ4n) is 1.78. The average molecular weight is 309 g/mol. The Morgan fingerprint density at radius 2 is 2.10 bits per heavy atom. The van der Waals surface area contributed by atoms with Gasteiger partial charge in [0.1, 0.15) is 0 Å². The summed E-state index contributed by atoms with van der Waals surface area (Å²) in [7, 11) is -2.59. The molecule has 1 N–H and O–H groups in total. The molecule has 0 unspecified atom stereocenters. The Morgan fingerprint density at radius 1 is 1.33 bits per heavy atom. The molecule has 1 aromatic carbocycles. The van der Waals surface area contributed by atoms with Crippen LogP contribution in [0.1, 0.15) is 10.4 Å². The van der Waals surface area contributed by atoms with Crippen molar-refractivity contribution in [1.29, 1.82) is 0 Å². The fourth-order valence-corrected chi connectivity index (χ4v) is 3.00. The number of sulfonamides is 1. The number of esters is 1. The van der Waals surface area contributed by atoms with E-state index in [0.717, 1.165) is 0 Å². The third-order valence-corrected chi connectivity index (χ3v) is 4.29. The van der Waals surface area contributed by atoms with Gasteiger partial charge in [-0.2, -0.15) is 5.10 Å². The summed E-state index contributed by atoms with van der Waals surface area (Å²) >= 11 is 0. The standard InChI is InChI=1S/C13H15N3O4S/c1-20-13(17)11-5-2-3-6-12(11)21(18,19)15-8-10-16-9-4-7-14-16/h2-7,9,15H,8,10H2,1H3. The van der Waals surface area contributed by atoms with Crippen LogP contribution < -0.4 is 4.72 Å². The van der Waals surface area contributed by atoms with Crippen molar-refractivity contribution >= 4 is 16.0 Å². The van der Waals surface area contributed by atoms with Gasteiger partial charge in [-0.25, -0.2) is 17.9 Å². The Bertz CT molecular complexity index is 711. The molecule has 0 saturated heterocycles. The Hall–Kier alpha value is -2.19. The number of methoxy groups -OCH3 is 1. The van der Waals surface area contributed by atoms with Gasteiger partial charge in [-0.1, -0.05) is 12.1 Å². The number of carbonyl (C=O) groups is 1. The second-order valence-corrected chi connectivity index (χ2v) is 5.89. The fraction of sp³-hybridized carbons (Fsp3) is 0.231. The molecule has 1 heterocycles. The molecule has 1 aromatic heterocycles. The van der Waals surface area contributed by atoms with Gasteiger partial charge in [0.05, 0.1) is 24.1 Å². The van der Waals surface area contributed by atoms with Gasteiger partial charge < -0.3 is 4.74 Å². The van der Waals surface area contributed by atoms with Gasteiger partial charge in [0.25, 0.3) is 0 Å². The van der Waals surface area contributed by atoms with Gasteiger partial charge in [-0.05, 0) is 18.2 Å². The average Bonchev–Trinajstić information content (AvgIpc) is 2.99. The first-order valence-electron chi connectivity index (χ1n) is 6.19. The first kappa shape index (κ1) is 15.2. The first-order valence-corrected chi connectivity index (χ1v) is 7.67. The highest BCUT2D eigenvalue weighted by molar-refractivity contribution is 7.89. The van der Waals surface area contributed by atoms with Crippen molar-refractivity contribution in [1.82, 2.24) is 14.5 Å². The highest BCUT2D eigenvalue weighted by Crippen LogP contribution is 2.16. The molecule has 2 rings (SSSR count). The zero-order valence-corrected chi connectivity index (χ0v) is 12.2. The summed E-state index contributed by atoms with van der Waals surface area (Å²) in [6.07, 6.45) is 3.34. The molecule has 2 aromatic rings. The molecule has 0 fully saturated rings. The number of hydrogen-bond donors (Lipinski definition) is 1. The molecule has 0 radical (unpaired) electrons. The lowest BCUT2D eigenvalue weighted by molar-refractivity contribution is 0.0596. The molecule has 112 valence electrons. The molecule has 8 heteroatoms. The van der Waals surface area contributed by atoms with Crippen LogP contribution in [0.3, 0.4) is 0 Å². The van der Waals surface area contributed by atoms with E-state index in [1.807, 2.05) is 0 Å². The van der Waals surface area contributed by atoms with Crippen molar-refractivity contribution in [2.45, 2.75) is 11.4 Å². The monoisotopic (exact) mass is 309 g/mol. The maximum atomic E-state index is 12.3. The van der Waals surface area contributed by atoms with Gasteiger partial charge in [0, 0.05) is 18.9 Å². The maximum Gasteiger partial charge on any atom is 0.339 e. The lowest BCUT2D eigenvalue weighted by atomic mass is 10.2. The van der Waals surface area contributed by atoms with E-state index < -0.39 is 16.0 Å². The van der Waals surface area contributed by atoms with Crippen LogP contribution in [0.5, 0.6) is 0 Å². The number of ether oxygens (including phenoxy) is 1. The highest BCUT2D eigenvalue weighted by Gasteiger charge is 2.22. The van der Waals surface area contributed by atoms with Crippen molar-refractivity contribution in [3.05, 3.63) is 48.3 Å². The molecule has 0 bridgehead atoms. The van der Waals surface area contributed by atoms with E-state index >= 15 is 0 Å². The van der Waals surface area contributed by atoms with Crippen molar-refractivity contribution in [2.75, 3.05) is 13.7 Å². The van der Waals surface area contributed by atoms with Gasteiger partial charge in [0.15, 0.2) is 0 Å². The van der Waals surface area contributed by atoms with E-state index in [1.165, 1.54) is 19.2 Å². The minimum Gasteiger partial charge on any atom is -0.465 e. The molecule has 7 nitrogen and oxygen atoms in total. The van der Waals surface area contributed by atoms with E-state index in [1.54, 1.807) is 35.3 Å². The Morgan fingerprint density at radius 3 is 2.76 bits per heavy atom. The predicted octanol–water partition coefficient (Wildman–Crippen LogP) is 0.648. The molecule has 0 spiro atoms. The smallest absolute Gasteiger partial charge is 0.339 e. The van der Waals surface area contributed by atoms with E-state index in [-0.39, 0.29) is 17.0 Å². The number of aromatic nitrogens is 2. The summed E-state index contributed by atoms with van der Waals surface area (Å²) in [6.45, 7) is 0.562. The summed E-state index contributed by atoms with van der Waals surface area (Å²) in [5.74, 6) is -0.692. The normalized spacial score (nSPS) is 11.3. The summed E-state index contributed by atoms with van der Waals surface area (Å²) in [5.41, 5.74) is 0.00610. The van der Waals surface area contributed by atoms with Crippen LogP contribution in [0.15, 0.2) is 47.6 Å². The maximum absolute atomic E-state index is 12.3. The van der Waals surface area contributed by atoms with Crippen LogP contribution in [0.25, 0.3) is 0 Å². The number of nitrogens with zero attached hydrogens (tertiary/aromatic N) is 2.